The van der Waals surface area contributed by atoms with Crippen molar-refractivity contribution in [2.75, 3.05) is 18.0 Å². The van der Waals surface area contributed by atoms with Gasteiger partial charge in [-0.25, -0.2) is 4.85 Å². The van der Waals surface area contributed by atoms with Gasteiger partial charge in [0.1, 0.15) is 5.75 Å². The highest BCUT2D eigenvalue weighted by molar-refractivity contribution is 6.09. The Kier molecular flexibility index (Phi) is 8.86. The van der Waals surface area contributed by atoms with E-state index in [1.54, 1.807) is 0 Å². The number of anilines is 1. The van der Waals surface area contributed by atoms with Gasteiger partial charge < -0.3 is 9.64 Å². The second-order valence-corrected chi connectivity index (χ2v) is 18.2. The molecule has 2 aliphatic heterocycles. The maximum absolute atomic E-state index is 8.01. The van der Waals surface area contributed by atoms with Crippen LogP contribution >= 0.6 is 0 Å². The molecule has 0 aromatic heterocycles. The third-order valence-electron chi connectivity index (χ3n) is 15.5. The summed E-state index contributed by atoms with van der Waals surface area (Å²) in [5.41, 5.74) is 16.2. The highest BCUT2D eigenvalue weighted by Crippen LogP contribution is 2.62. The van der Waals surface area contributed by atoms with Crippen molar-refractivity contribution in [3.63, 3.8) is 0 Å². The zero-order valence-electron chi connectivity index (χ0n) is 36.6. The van der Waals surface area contributed by atoms with Crippen LogP contribution in [0.5, 0.6) is 5.75 Å². The molecule has 310 valence electrons. The first-order valence-electron chi connectivity index (χ1n) is 23.3. The lowest BCUT2D eigenvalue weighted by Crippen LogP contribution is -2.36. The molecule has 3 heteroatoms. The molecule has 1 fully saturated rings. The van der Waals surface area contributed by atoms with Crippen molar-refractivity contribution < 1.29 is 4.74 Å². The van der Waals surface area contributed by atoms with Crippen LogP contribution in [-0.4, -0.2) is 13.1 Å². The summed E-state index contributed by atoms with van der Waals surface area (Å²) < 4.78 is 8.01. The van der Waals surface area contributed by atoms with Crippen LogP contribution in [0.3, 0.4) is 0 Å². The molecule has 64 heavy (non-hydrogen) atoms. The van der Waals surface area contributed by atoms with Gasteiger partial charge in [-0.3, -0.25) is 0 Å². The van der Waals surface area contributed by atoms with Gasteiger partial charge in [0.25, 0.3) is 0 Å². The lowest BCUT2D eigenvalue weighted by atomic mass is 9.67. The van der Waals surface area contributed by atoms with Crippen LogP contribution in [0.2, 0.25) is 0 Å². The Morgan fingerprint density at radius 3 is 1.89 bits per heavy atom. The van der Waals surface area contributed by atoms with Gasteiger partial charge in [-0.15, -0.1) is 0 Å². The normalized spacial score (nSPS) is 18.3. The van der Waals surface area contributed by atoms with Crippen molar-refractivity contribution in [3.8, 4) is 28.0 Å². The SMILES string of the molecule is [C-]#[N+]c1ccc2c(c1)C(CC)(CC)c1c3c(c4ccccc4c1-2)OC(c1ccc(N2CCCCC2)cc1)(c1ccc2c(c1)C(c1ccccc1)(c1ccccc1)c1ccccc1-2)C=C3. The van der Waals surface area contributed by atoms with Gasteiger partial charge >= 0.3 is 0 Å². The lowest BCUT2D eigenvalue weighted by Gasteiger charge is -2.40. The lowest BCUT2D eigenvalue weighted by molar-refractivity contribution is 0.163. The number of fused-ring (bicyclic) bond motifs is 11. The molecule has 0 saturated carbocycles. The molecule has 12 rings (SSSR count). The van der Waals surface area contributed by atoms with Crippen LogP contribution in [0.4, 0.5) is 11.4 Å². The van der Waals surface area contributed by atoms with Gasteiger partial charge in [0.05, 0.1) is 12.0 Å². The molecule has 0 N–H and O–H groups in total. The molecule has 0 radical (unpaired) electrons. The first-order chi connectivity index (χ1) is 31.6. The maximum atomic E-state index is 8.01. The smallest absolute Gasteiger partial charge is 0.187 e. The van der Waals surface area contributed by atoms with E-state index in [1.807, 2.05) is 6.07 Å². The topological polar surface area (TPSA) is 16.8 Å². The molecule has 8 aromatic carbocycles. The van der Waals surface area contributed by atoms with E-state index in [1.165, 1.54) is 86.0 Å². The summed E-state index contributed by atoms with van der Waals surface area (Å²) in [7, 11) is 0. The standard InChI is InChI=1S/C61H50N2O/c1-4-59(5-2)54-40-45(62-3)30-34-51(54)56-49-24-13-14-25-50(49)58-52(57(56)59)35-36-60(64-58,41-27-31-46(32-28-41)63-37-17-8-18-38-63)44-29-33-48-47-23-15-16-26-53(47)61(55(48)39-44,42-19-9-6-10-20-42)43-21-11-7-12-22-43/h6-7,9-16,19-36,39-40H,4-5,8,17-18,37-38H2,1-2H3. The molecule has 0 spiro atoms. The minimum atomic E-state index is -0.961. The van der Waals surface area contributed by atoms with E-state index in [-0.39, 0.29) is 5.41 Å². The summed E-state index contributed by atoms with van der Waals surface area (Å²) >= 11 is 0. The largest absolute Gasteiger partial charge is 0.472 e. The molecule has 3 nitrogen and oxygen atoms in total. The van der Waals surface area contributed by atoms with Gasteiger partial charge in [-0.2, -0.15) is 0 Å². The van der Waals surface area contributed by atoms with Gasteiger partial charge in [-0.05, 0) is 117 Å². The predicted octanol–water partition coefficient (Wildman–Crippen LogP) is 15.2. The number of hydrogen-bond acceptors (Lipinski definition) is 2. The minimum absolute atomic E-state index is 0.270. The zero-order valence-corrected chi connectivity index (χ0v) is 36.6. The number of benzene rings is 8. The van der Waals surface area contributed by atoms with E-state index in [4.69, 9.17) is 11.3 Å². The molecule has 1 saturated heterocycles. The second kappa shape index (κ2) is 14.7. The number of nitrogens with zero attached hydrogens (tertiary/aromatic N) is 2. The first kappa shape index (κ1) is 38.5. The van der Waals surface area contributed by atoms with E-state index in [0.717, 1.165) is 53.8 Å². The summed E-state index contributed by atoms with van der Waals surface area (Å²) in [6.07, 6.45) is 10.3. The van der Waals surface area contributed by atoms with E-state index < -0.39 is 11.0 Å². The van der Waals surface area contributed by atoms with Crippen molar-refractivity contribution in [1.82, 2.24) is 0 Å². The number of ether oxygens (including phenoxy) is 1. The van der Waals surface area contributed by atoms with Gasteiger partial charge in [-0.1, -0.05) is 172 Å². The van der Waals surface area contributed by atoms with Gasteiger partial charge in [0.15, 0.2) is 11.3 Å². The van der Waals surface area contributed by atoms with Crippen molar-refractivity contribution in [2.45, 2.75) is 62.4 Å². The highest BCUT2D eigenvalue weighted by atomic mass is 16.5. The van der Waals surface area contributed by atoms with Crippen molar-refractivity contribution >= 4 is 28.2 Å². The summed E-state index contributed by atoms with van der Waals surface area (Å²) in [6.45, 7) is 14.8. The van der Waals surface area contributed by atoms with Crippen molar-refractivity contribution in [1.29, 1.82) is 0 Å². The quantitative estimate of drug-likeness (QED) is 0.149. The van der Waals surface area contributed by atoms with E-state index >= 15 is 0 Å². The average Bonchev–Trinajstić information content (AvgIpc) is 3.84. The average molecular weight is 827 g/mol. The third-order valence-corrected chi connectivity index (χ3v) is 15.5. The molecule has 0 bridgehead atoms. The fourth-order valence-corrected chi connectivity index (χ4v) is 12.4. The number of piperidine rings is 1. The van der Waals surface area contributed by atoms with Crippen LogP contribution in [-0.2, 0) is 16.4 Å². The molecule has 8 aromatic rings. The Bertz CT molecular complexity index is 3160. The van der Waals surface area contributed by atoms with Crippen LogP contribution in [0.1, 0.15) is 96.0 Å². The Labute approximate surface area is 377 Å². The Hall–Kier alpha value is -7.15. The summed E-state index contributed by atoms with van der Waals surface area (Å²) in [5, 5.41) is 2.30. The van der Waals surface area contributed by atoms with Gasteiger partial charge in [0.2, 0.25) is 0 Å². The monoisotopic (exact) mass is 826 g/mol. The van der Waals surface area contributed by atoms with Crippen LogP contribution < -0.4 is 9.64 Å². The summed E-state index contributed by atoms with van der Waals surface area (Å²) in [4.78, 5) is 6.45. The van der Waals surface area contributed by atoms with E-state index in [9.17, 15) is 0 Å². The third kappa shape index (κ3) is 5.26. The highest BCUT2D eigenvalue weighted by Gasteiger charge is 2.50. The van der Waals surface area contributed by atoms with Crippen molar-refractivity contribution in [3.05, 3.63) is 237 Å². The Balaban J connectivity index is 1.13. The van der Waals surface area contributed by atoms with Crippen LogP contribution in [0.25, 0.3) is 43.9 Å². The predicted molar refractivity (Wildman–Crippen MR) is 264 cm³/mol. The molecule has 1 atom stereocenters. The zero-order chi connectivity index (χ0) is 43.0. The number of hydrogen-bond donors (Lipinski definition) is 0. The molecule has 2 aliphatic carbocycles. The fraction of sp³-hybridized carbons (Fsp3) is 0.197. The Morgan fingerprint density at radius 2 is 1.19 bits per heavy atom. The molecule has 1 unspecified atom stereocenters. The fourth-order valence-electron chi connectivity index (χ4n) is 12.4. The Morgan fingerprint density at radius 1 is 0.562 bits per heavy atom. The second-order valence-electron chi connectivity index (χ2n) is 18.2. The first-order valence-corrected chi connectivity index (χ1v) is 23.3. The van der Waals surface area contributed by atoms with Crippen LogP contribution in [0.15, 0.2) is 176 Å². The molecule has 0 amide bonds. The molecular formula is C61H50N2O. The molecular weight excluding hydrogens is 777 g/mol. The van der Waals surface area contributed by atoms with E-state index in [2.05, 4.69) is 200 Å². The number of rotatable bonds is 7. The summed E-state index contributed by atoms with van der Waals surface area (Å²) in [6, 6.07) is 62.8. The molecule has 2 heterocycles. The van der Waals surface area contributed by atoms with E-state index in [0.29, 0.717) is 5.69 Å². The van der Waals surface area contributed by atoms with Crippen LogP contribution in [0, 0.1) is 6.57 Å². The van der Waals surface area contributed by atoms with Gasteiger partial charge in [0, 0.05) is 46.3 Å². The summed E-state index contributed by atoms with van der Waals surface area (Å²) in [5.74, 6) is 0.919. The van der Waals surface area contributed by atoms with Crippen molar-refractivity contribution in [2.24, 2.45) is 0 Å². The minimum Gasteiger partial charge on any atom is -0.472 e. The molecule has 4 aliphatic rings. The maximum Gasteiger partial charge on any atom is 0.187 e.